The molecular weight excluding hydrogens is 414 g/mol. The van der Waals surface area contributed by atoms with E-state index in [0.717, 1.165) is 44.2 Å². The van der Waals surface area contributed by atoms with E-state index in [0.29, 0.717) is 30.1 Å². The first-order valence-corrected chi connectivity index (χ1v) is 12.2. The van der Waals surface area contributed by atoms with Crippen LogP contribution in [-0.2, 0) is 16.1 Å². The summed E-state index contributed by atoms with van der Waals surface area (Å²) in [5.41, 5.74) is 2.35. The second kappa shape index (κ2) is 9.38. The minimum absolute atomic E-state index is 0.0496. The van der Waals surface area contributed by atoms with Crippen LogP contribution in [0.4, 0.5) is 5.69 Å². The highest BCUT2D eigenvalue weighted by atomic mass is 16.2. The minimum Gasteiger partial charge on any atom is -0.338 e. The SMILES string of the molecule is O=C(Nc1cccc(CN2CCCC2=O)c1)C1CC2CCCCC2N1C(=O)c1ccccc1. The summed E-state index contributed by atoms with van der Waals surface area (Å²) in [7, 11) is 0. The third kappa shape index (κ3) is 4.52. The highest BCUT2D eigenvalue weighted by Gasteiger charge is 2.47. The topological polar surface area (TPSA) is 69.7 Å². The van der Waals surface area contributed by atoms with Crippen LogP contribution in [0.1, 0.15) is 60.9 Å². The average Bonchev–Trinajstić information content (AvgIpc) is 3.43. The maximum absolute atomic E-state index is 13.5. The zero-order chi connectivity index (χ0) is 22.8. The second-order valence-electron chi connectivity index (χ2n) is 9.55. The molecule has 2 saturated heterocycles. The summed E-state index contributed by atoms with van der Waals surface area (Å²) in [5.74, 6) is 0.400. The van der Waals surface area contributed by atoms with Gasteiger partial charge >= 0.3 is 0 Å². The summed E-state index contributed by atoms with van der Waals surface area (Å²) in [5, 5.41) is 3.07. The standard InChI is InChI=1S/C27H31N3O3/c31-25-14-7-15-29(25)18-19-8-6-12-22(16-19)28-26(32)24-17-21-11-4-5-13-23(21)30(24)27(33)20-9-2-1-3-10-20/h1-3,6,8-10,12,16,21,23-24H,4-5,7,11,13-15,17-18H2,(H,28,32). The van der Waals surface area contributed by atoms with Gasteiger partial charge < -0.3 is 15.1 Å². The molecule has 3 atom stereocenters. The summed E-state index contributed by atoms with van der Waals surface area (Å²) in [6.07, 6.45) is 6.55. The Labute approximate surface area is 194 Å². The fourth-order valence-electron chi connectivity index (χ4n) is 5.78. The van der Waals surface area contributed by atoms with E-state index in [1.807, 2.05) is 64.4 Å². The molecule has 1 N–H and O–H groups in total. The number of likely N-dealkylation sites (tertiary alicyclic amines) is 2. The lowest BCUT2D eigenvalue weighted by Gasteiger charge is -2.33. The van der Waals surface area contributed by atoms with Gasteiger partial charge in [0.2, 0.25) is 11.8 Å². The Balaban J connectivity index is 1.34. The Hall–Kier alpha value is -3.15. The van der Waals surface area contributed by atoms with E-state index in [4.69, 9.17) is 0 Å². The maximum atomic E-state index is 13.5. The van der Waals surface area contributed by atoms with E-state index in [-0.39, 0.29) is 23.8 Å². The fraction of sp³-hybridized carbons (Fsp3) is 0.444. The van der Waals surface area contributed by atoms with Crippen LogP contribution in [-0.4, -0.2) is 46.1 Å². The van der Waals surface area contributed by atoms with Crippen LogP contribution in [0.5, 0.6) is 0 Å². The van der Waals surface area contributed by atoms with Crippen molar-refractivity contribution in [3.8, 4) is 0 Å². The monoisotopic (exact) mass is 445 g/mol. The lowest BCUT2D eigenvalue weighted by molar-refractivity contribution is -0.128. The maximum Gasteiger partial charge on any atom is 0.254 e. The number of amides is 3. The van der Waals surface area contributed by atoms with E-state index in [1.165, 1.54) is 6.42 Å². The molecule has 0 bridgehead atoms. The third-order valence-corrected chi connectivity index (χ3v) is 7.39. The van der Waals surface area contributed by atoms with Crippen molar-refractivity contribution >= 4 is 23.4 Å². The second-order valence-corrected chi connectivity index (χ2v) is 9.55. The molecule has 3 amide bonds. The van der Waals surface area contributed by atoms with Gasteiger partial charge in [0.05, 0.1) is 0 Å². The van der Waals surface area contributed by atoms with E-state index in [1.54, 1.807) is 0 Å². The number of carbonyl (C=O) groups is 3. The van der Waals surface area contributed by atoms with Crippen LogP contribution >= 0.6 is 0 Å². The van der Waals surface area contributed by atoms with Gasteiger partial charge in [-0.05, 0) is 61.4 Å². The molecule has 1 saturated carbocycles. The quantitative estimate of drug-likeness (QED) is 0.749. The number of hydrogen-bond donors (Lipinski definition) is 1. The number of nitrogens with one attached hydrogen (secondary N) is 1. The molecule has 2 aliphatic heterocycles. The molecule has 2 aromatic carbocycles. The van der Waals surface area contributed by atoms with Gasteiger partial charge in [-0.3, -0.25) is 14.4 Å². The van der Waals surface area contributed by atoms with Crippen LogP contribution in [0, 0.1) is 5.92 Å². The average molecular weight is 446 g/mol. The Bertz CT molecular complexity index is 1040. The molecule has 172 valence electrons. The smallest absolute Gasteiger partial charge is 0.254 e. The van der Waals surface area contributed by atoms with Crippen LogP contribution in [0.3, 0.4) is 0 Å². The molecule has 3 unspecified atom stereocenters. The molecule has 5 rings (SSSR count). The van der Waals surface area contributed by atoms with Crippen LogP contribution in [0.2, 0.25) is 0 Å². The first kappa shape index (κ1) is 21.7. The van der Waals surface area contributed by atoms with Crippen molar-refractivity contribution in [3.63, 3.8) is 0 Å². The van der Waals surface area contributed by atoms with Crippen molar-refractivity contribution in [2.45, 2.75) is 63.6 Å². The Morgan fingerprint density at radius 1 is 0.970 bits per heavy atom. The number of hydrogen-bond acceptors (Lipinski definition) is 3. The Kier molecular flexibility index (Phi) is 6.16. The normalized spacial score (nSPS) is 24.6. The van der Waals surface area contributed by atoms with Gasteiger partial charge in [-0.1, -0.05) is 43.2 Å². The van der Waals surface area contributed by atoms with Gasteiger partial charge in [0.15, 0.2) is 0 Å². The van der Waals surface area contributed by atoms with Gasteiger partial charge in [0.25, 0.3) is 5.91 Å². The van der Waals surface area contributed by atoms with Gasteiger partial charge in [-0.25, -0.2) is 0 Å². The number of anilines is 1. The highest BCUT2D eigenvalue weighted by Crippen LogP contribution is 2.41. The fourth-order valence-corrected chi connectivity index (χ4v) is 5.78. The van der Waals surface area contributed by atoms with Gasteiger partial charge in [0, 0.05) is 36.8 Å². The molecule has 0 radical (unpaired) electrons. The molecule has 2 heterocycles. The van der Waals surface area contributed by atoms with Crippen molar-refractivity contribution in [2.75, 3.05) is 11.9 Å². The summed E-state index contributed by atoms with van der Waals surface area (Å²) in [6.45, 7) is 1.35. The molecule has 0 spiro atoms. The van der Waals surface area contributed by atoms with Gasteiger partial charge in [0.1, 0.15) is 6.04 Å². The van der Waals surface area contributed by atoms with Crippen molar-refractivity contribution in [1.29, 1.82) is 0 Å². The first-order valence-electron chi connectivity index (χ1n) is 12.2. The third-order valence-electron chi connectivity index (χ3n) is 7.39. The molecule has 6 nitrogen and oxygen atoms in total. The van der Waals surface area contributed by atoms with Crippen LogP contribution in [0.15, 0.2) is 54.6 Å². The number of fused-ring (bicyclic) bond motifs is 1. The van der Waals surface area contributed by atoms with E-state index in [2.05, 4.69) is 5.32 Å². The molecule has 3 aliphatic rings. The predicted octanol–water partition coefficient (Wildman–Crippen LogP) is 4.22. The summed E-state index contributed by atoms with van der Waals surface area (Å²) in [6, 6.07) is 16.7. The van der Waals surface area contributed by atoms with E-state index < -0.39 is 6.04 Å². The highest BCUT2D eigenvalue weighted by molar-refractivity contribution is 6.02. The van der Waals surface area contributed by atoms with Crippen molar-refractivity contribution in [3.05, 3.63) is 65.7 Å². The zero-order valence-electron chi connectivity index (χ0n) is 18.9. The molecule has 3 fully saturated rings. The lowest BCUT2D eigenvalue weighted by atomic mass is 9.84. The van der Waals surface area contributed by atoms with Crippen molar-refractivity contribution in [1.82, 2.24) is 9.80 Å². The Morgan fingerprint density at radius 3 is 2.58 bits per heavy atom. The Morgan fingerprint density at radius 2 is 1.79 bits per heavy atom. The number of nitrogens with zero attached hydrogens (tertiary/aromatic N) is 2. The number of carbonyl (C=O) groups excluding carboxylic acids is 3. The zero-order valence-corrected chi connectivity index (χ0v) is 18.9. The summed E-state index contributed by atoms with van der Waals surface area (Å²) >= 11 is 0. The van der Waals surface area contributed by atoms with Crippen LogP contribution < -0.4 is 5.32 Å². The van der Waals surface area contributed by atoms with E-state index in [9.17, 15) is 14.4 Å². The molecule has 6 heteroatoms. The molecule has 33 heavy (non-hydrogen) atoms. The van der Waals surface area contributed by atoms with Crippen molar-refractivity contribution < 1.29 is 14.4 Å². The van der Waals surface area contributed by atoms with Gasteiger partial charge in [-0.15, -0.1) is 0 Å². The largest absolute Gasteiger partial charge is 0.338 e. The summed E-state index contributed by atoms with van der Waals surface area (Å²) in [4.78, 5) is 42.6. The summed E-state index contributed by atoms with van der Waals surface area (Å²) < 4.78 is 0. The molecule has 0 aromatic heterocycles. The first-order chi connectivity index (χ1) is 16.1. The predicted molar refractivity (Wildman–Crippen MR) is 126 cm³/mol. The minimum atomic E-state index is -0.463. The van der Waals surface area contributed by atoms with Crippen LogP contribution in [0.25, 0.3) is 0 Å². The van der Waals surface area contributed by atoms with Crippen molar-refractivity contribution in [2.24, 2.45) is 5.92 Å². The molecular formula is C27H31N3O3. The molecule has 2 aromatic rings. The number of benzene rings is 2. The van der Waals surface area contributed by atoms with E-state index >= 15 is 0 Å². The lowest BCUT2D eigenvalue weighted by Crippen LogP contribution is -2.47. The van der Waals surface area contributed by atoms with Gasteiger partial charge in [-0.2, -0.15) is 0 Å². The molecule has 1 aliphatic carbocycles. The number of rotatable bonds is 5.